The molecule has 4 nitrogen and oxygen atoms in total. The van der Waals surface area contributed by atoms with Crippen LogP contribution in [0.1, 0.15) is 29.5 Å². The topological polar surface area (TPSA) is 44.1 Å². The molecule has 0 unspecified atom stereocenters. The quantitative estimate of drug-likeness (QED) is 0.759. The van der Waals surface area contributed by atoms with Crippen molar-refractivity contribution in [3.05, 3.63) is 48.0 Å². The minimum absolute atomic E-state index is 0.0765. The van der Waals surface area contributed by atoms with Crippen LogP contribution < -0.4 is 4.74 Å². The van der Waals surface area contributed by atoms with Gasteiger partial charge >= 0.3 is 0 Å². The molecular weight excluding hydrogens is 228 g/mol. The van der Waals surface area contributed by atoms with Crippen molar-refractivity contribution in [2.45, 2.75) is 19.9 Å². The van der Waals surface area contributed by atoms with Crippen LogP contribution in [0.15, 0.2) is 36.7 Å². The van der Waals surface area contributed by atoms with Gasteiger partial charge in [-0.2, -0.15) is 0 Å². The van der Waals surface area contributed by atoms with E-state index < -0.39 is 0 Å². The molecule has 1 heterocycles. The highest BCUT2D eigenvalue weighted by Gasteiger charge is 2.15. The van der Waals surface area contributed by atoms with E-state index in [0.29, 0.717) is 17.1 Å². The van der Waals surface area contributed by atoms with Crippen LogP contribution in [-0.4, -0.2) is 22.4 Å². The number of benzene rings is 1. The van der Waals surface area contributed by atoms with Gasteiger partial charge in [0.1, 0.15) is 5.75 Å². The van der Waals surface area contributed by atoms with Crippen molar-refractivity contribution in [2.75, 3.05) is 7.11 Å². The summed E-state index contributed by atoms with van der Waals surface area (Å²) < 4.78 is 7.00. The molecule has 0 fully saturated rings. The Kier molecular flexibility index (Phi) is 3.77. The highest BCUT2D eigenvalue weighted by atomic mass is 16.5. The highest BCUT2D eigenvalue weighted by molar-refractivity contribution is 6.06. The first-order valence-corrected chi connectivity index (χ1v) is 5.96. The smallest absolute Gasteiger partial charge is 0.228 e. The molecule has 0 aliphatic rings. The van der Waals surface area contributed by atoms with Gasteiger partial charge in [0.05, 0.1) is 7.11 Å². The number of carbonyl (C=O) groups is 1. The van der Waals surface area contributed by atoms with E-state index in [4.69, 9.17) is 4.74 Å². The number of methoxy groups -OCH3 is 1. The second-order valence-electron chi connectivity index (χ2n) is 4.01. The number of imidazole rings is 1. The highest BCUT2D eigenvalue weighted by Crippen LogP contribution is 2.15. The van der Waals surface area contributed by atoms with Crippen molar-refractivity contribution in [1.29, 1.82) is 0 Å². The number of aromatic nitrogens is 2. The van der Waals surface area contributed by atoms with Crippen LogP contribution in [0.3, 0.4) is 0 Å². The van der Waals surface area contributed by atoms with Crippen molar-refractivity contribution < 1.29 is 9.53 Å². The van der Waals surface area contributed by atoms with Gasteiger partial charge in [-0.3, -0.25) is 4.79 Å². The Hall–Kier alpha value is -2.10. The zero-order valence-corrected chi connectivity index (χ0v) is 10.6. The van der Waals surface area contributed by atoms with Gasteiger partial charge in [-0.15, -0.1) is 0 Å². The molecule has 0 saturated heterocycles. The fraction of sp³-hybridized carbons (Fsp3) is 0.286. The van der Waals surface area contributed by atoms with Gasteiger partial charge in [0.15, 0.2) is 5.82 Å². The Morgan fingerprint density at radius 2 is 2.28 bits per heavy atom. The molecule has 0 N–H and O–H groups in total. The number of ether oxygens (including phenoxy) is 1. The largest absolute Gasteiger partial charge is 0.497 e. The predicted molar refractivity (Wildman–Crippen MR) is 68.9 cm³/mol. The first kappa shape index (κ1) is 12.4. The molecule has 0 amide bonds. The third-order valence-corrected chi connectivity index (χ3v) is 2.72. The summed E-state index contributed by atoms with van der Waals surface area (Å²) in [4.78, 5) is 16.5. The molecule has 94 valence electrons. The lowest BCUT2D eigenvalue weighted by Crippen LogP contribution is -2.11. The van der Waals surface area contributed by atoms with E-state index in [-0.39, 0.29) is 5.78 Å². The van der Waals surface area contributed by atoms with Crippen molar-refractivity contribution in [1.82, 2.24) is 9.55 Å². The molecule has 4 heteroatoms. The maximum Gasteiger partial charge on any atom is 0.228 e. The maximum absolute atomic E-state index is 12.3. The summed E-state index contributed by atoms with van der Waals surface area (Å²) in [6.45, 7) is 2.87. The second-order valence-corrected chi connectivity index (χ2v) is 4.01. The van der Waals surface area contributed by atoms with Gasteiger partial charge in [0.25, 0.3) is 0 Å². The average Bonchev–Trinajstić information content (AvgIpc) is 2.86. The minimum Gasteiger partial charge on any atom is -0.497 e. The van der Waals surface area contributed by atoms with Crippen LogP contribution in [0.25, 0.3) is 0 Å². The number of rotatable bonds is 5. The van der Waals surface area contributed by atoms with Crippen molar-refractivity contribution in [2.24, 2.45) is 0 Å². The van der Waals surface area contributed by atoms with Crippen LogP contribution in [-0.2, 0) is 6.54 Å². The summed E-state index contributed by atoms with van der Waals surface area (Å²) >= 11 is 0. The monoisotopic (exact) mass is 244 g/mol. The molecule has 0 radical (unpaired) electrons. The van der Waals surface area contributed by atoms with E-state index in [9.17, 15) is 4.79 Å². The molecule has 1 aromatic heterocycles. The lowest BCUT2D eigenvalue weighted by molar-refractivity contribution is 0.102. The fourth-order valence-electron chi connectivity index (χ4n) is 1.83. The number of carbonyl (C=O) groups excluding carboxylic acids is 1. The first-order chi connectivity index (χ1) is 8.76. The number of nitrogens with zero attached hydrogens (tertiary/aromatic N) is 2. The Balaban J connectivity index is 2.32. The van der Waals surface area contributed by atoms with E-state index in [0.717, 1.165) is 13.0 Å². The van der Waals surface area contributed by atoms with Crippen molar-refractivity contribution in [3.8, 4) is 5.75 Å². The molecule has 0 atom stereocenters. The summed E-state index contributed by atoms with van der Waals surface area (Å²) in [5.41, 5.74) is 0.595. The molecule has 2 rings (SSSR count). The number of hydrogen-bond acceptors (Lipinski definition) is 3. The summed E-state index contributed by atoms with van der Waals surface area (Å²) in [5.74, 6) is 1.08. The molecule has 0 aliphatic carbocycles. The van der Waals surface area contributed by atoms with Crippen LogP contribution in [0.4, 0.5) is 0 Å². The fourth-order valence-corrected chi connectivity index (χ4v) is 1.83. The average molecular weight is 244 g/mol. The molecule has 0 spiro atoms. The summed E-state index contributed by atoms with van der Waals surface area (Å²) in [6, 6.07) is 7.12. The standard InChI is InChI=1S/C14H16N2O2/c1-3-8-16-9-7-15-14(16)13(17)11-5-4-6-12(10-11)18-2/h4-7,9-10H,3,8H2,1-2H3. The predicted octanol–water partition coefficient (Wildman–Crippen LogP) is 2.53. The van der Waals surface area contributed by atoms with E-state index in [2.05, 4.69) is 11.9 Å². The molecule has 0 saturated carbocycles. The third-order valence-electron chi connectivity index (χ3n) is 2.72. The second kappa shape index (κ2) is 5.49. The Bertz CT molecular complexity index is 546. The molecule has 0 bridgehead atoms. The SMILES string of the molecule is CCCn1ccnc1C(=O)c1cccc(OC)c1. The van der Waals surface area contributed by atoms with Gasteiger partial charge in [-0.1, -0.05) is 19.1 Å². The van der Waals surface area contributed by atoms with Gasteiger partial charge in [-0.05, 0) is 18.6 Å². The van der Waals surface area contributed by atoms with Crippen LogP contribution >= 0.6 is 0 Å². The van der Waals surface area contributed by atoms with E-state index in [1.165, 1.54) is 0 Å². The van der Waals surface area contributed by atoms with Gasteiger partial charge in [0.2, 0.25) is 5.78 Å². The number of ketones is 1. The zero-order valence-electron chi connectivity index (χ0n) is 10.6. The van der Waals surface area contributed by atoms with Gasteiger partial charge in [-0.25, -0.2) is 4.98 Å². The number of aryl methyl sites for hydroxylation is 1. The van der Waals surface area contributed by atoms with Crippen LogP contribution in [0.5, 0.6) is 5.75 Å². The summed E-state index contributed by atoms with van der Waals surface area (Å²) in [5, 5.41) is 0. The van der Waals surface area contributed by atoms with E-state index >= 15 is 0 Å². The lowest BCUT2D eigenvalue weighted by Gasteiger charge is -2.06. The first-order valence-electron chi connectivity index (χ1n) is 5.96. The summed E-state index contributed by atoms with van der Waals surface area (Å²) in [7, 11) is 1.58. The third kappa shape index (κ3) is 2.42. The summed E-state index contributed by atoms with van der Waals surface area (Å²) in [6.07, 6.45) is 4.45. The van der Waals surface area contributed by atoms with E-state index in [1.54, 1.807) is 31.5 Å². The molecule has 2 aromatic rings. The van der Waals surface area contributed by atoms with E-state index in [1.807, 2.05) is 16.8 Å². The molecule has 1 aromatic carbocycles. The molecule has 18 heavy (non-hydrogen) atoms. The van der Waals surface area contributed by atoms with Gasteiger partial charge in [0, 0.05) is 24.5 Å². The van der Waals surface area contributed by atoms with Crippen LogP contribution in [0, 0.1) is 0 Å². The lowest BCUT2D eigenvalue weighted by atomic mass is 10.1. The van der Waals surface area contributed by atoms with Crippen molar-refractivity contribution in [3.63, 3.8) is 0 Å². The van der Waals surface area contributed by atoms with Crippen molar-refractivity contribution >= 4 is 5.78 Å². The Morgan fingerprint density at radius 3 is 3.00 bits per heavy atom. The molecular formula is C14H16N2O2. The number of hydrogen-bond donors (Lipinski definition) is 0. The Morgan fingerprint density at radius 1 is 1.44 bits per heavy atom. The van der Waals surface area contributed by atoms with Crippen LogP contribution in [0.2, 0.25) is 0 Å². The van der Waals surface area contributed by atoms with Gasteiger partial charge < -0.3 is 9.30 Å². The Labute approximate surface area is 106 Å². The molecule has 0 aliphatic heterocycles. The normalized spacial score (nSPS) is 10.3. The zero-order chi connectivity index (χ0) is 13.0. The minimum atomic E-state index is -0.0765. The maximum atomic E-state index is 12.3.